The van der Waals surface area contributed by atoms with E-state index in [1.54, 1.807) is 55.4 Å². The lowest BCUT2D eigenvalue weighted by atomic mass is 9.88. The number of alkyl carbamates (subject to hydrolysis) is 1. The lowest BCUT2D eigenvalue weighted by Crippen LogP contribution is -2.55. The zero-order valence-corrected chi connectivity index (χ0v) is 33.9. The molecule has 14 nitrogen and oxygen atoms in total. The predicted molar refractivity (Wildman–Crippen MR) is 223 cm³/mol. The van der Waals surface area contributed by atoms with Gasteiger partial charge in [-0.15, -0.1) is 0 Å². The van der Waals surface area contributed by atoms with Crippen LogP contribution in [-0.4, -0.2) is 95.0 Å². The number of amides is 3. The van der Waals surface area contributed by atoms with Crippen LogP contribution in [0.5, 0.6) is 0 Å². The Labute approximate surface area is 340 Å². The van der Waals surface area contributed by atoms with Gasteiger partial charge in [0.25, 0.3) is 0 Å². The smallest absolute Gasteiger partial charge is 0.407 e. The molecule has 58 heavy (non-hydrogen) atoms. The van der Waals surface area contributed by atoms with Crippen molar-refractivity contribution >= 4 is 29.8 Å². The highest BCUT2D eigenvalue weighted by atomic mass is 16.5. The molecule has 306 valence electrons. The van der Waals surface area contributed by atoms with E-state index in [0.29, 0.717) is 12.5 Å². The van der Waals surface area contributed by atoms with E-state index in [1.807, 2.05) is 14.0 Å². The standard InChI is InChI=1S/C30H36N6O4.C14H19N3O/c1-20(39-3)28(35-30(38)40-4)29(37)36-15-5-6-25(36)16-32-17-26(31-2)23-11-7-21(8-12-23)22-9-13-24(14-10-22)27-18-33-19-34-27;1-9(13-8-15-4-5-16-13)17-14(18)12-7-10-2-3-11(12)6-10/h7-14,16-20,25,28,31H,5-6,15H2,1-4H3,(H,33,34)(H,35,38);4-5,8-12H,2-3,6-7H2,1H3,(H,17,18)/b26-17-,32-16?;. The Kier molecular flexibility index (Phi) is 14.4. The average molecular weight is 790 g/mol. The summed E-state index contributed by atoms with van der Waals surface area (Å²) in [6, 6.07) is 15.5. The number of aromatic nitrogens is 4. The molecule has 1 saturated heterocycles. The number of likely N-dealkylation sites (tertiary alicyclic amines) is 1. The summed E-state index contributed by atoms with van der Waals surface area (Å²) in [7, 11) is 4.62. The molecule has 3 heterocycles. The van der Waals surface area contributed by atoms with Crippen LogP contribution in [0.15, 0.2) is 90.8 Å². The number of nitrogens with zero attached hydrogens (tertiary/aromatic N) is 5. The number of hydrogen-bond donors (Lipinski definition) is 4. The molecule has 2 aromatic heterocycles. The highest BCUT2D eigenvalue weighted by Crippen LogP contribution is 2.48. The number of nitrogens with one attached hydrogen (secondary N) is 4. The van der Waals surface area contributed by atoms with E-state index >= 15 is 0 Å². The summed E-state index contributed by atoms with van der Waals surface area (Å²) in [5, 5.41) is 8.89. The first kappa shape index (κ1) is 41.7. The van der Waals surface area contributed by atoms with Gasteiger partial charge in [-0.3, -0.25) is 24.5 Å². The molecule has 2 saturated carbocycles. The van der Waals surface area contributed by atoms with Crippen LogP contribution in [-0.2, 0) is 19.1 Å². The van der Waals surface area contributed by atoms with Crippen molar-refractivity contribution in [2.45, 2.75) is 76.6 Å². The lowest BCUT2D eigenvalue weighted by Gasteiger charge is -2.29. The van der Waals surface area contributed by atoms with Crippen LogP contribution in [0.1, 0.15) is 69.7 Å². The van der Waals surface area contributed by atoms with Crippen LogP contribution >= 0.6 is 0 Å². The number of benzene rings is 2. The Hall–Kier alpha value is -5.89. The van der Waals surface area contributed by atoms with Crippen LogP contribution in [0.2, 0.25) is 0 Å². The van der Waals surface area contributed by atoms with Gasteiger partial charge in [-0.1, -0.05) is 55.0 Å². The summed E-state index contributed by atoms with van der Waals surface area (Å²) < 4.78 is 10.0. The maximum absolute atomic E-state index is 13.3. The molecule has 0 radical (unpaired) electrons. The van der Waals surface area contributed by atoms with E-state index in [1.165, 1.54) is 33.5 Å². The van der Waals surface area contributed by atoms with Gasteiger partial charge < -0.3 is 35.3 Å². The van der Waals surface area contributed by atoms with Gasteiger partial charge in [0.2, 0.25) is 11.8 Å². The molecule has 3 amide bonds. The van der Waals surface area contributed by atoms with E-state index in [0.717, 1.165) is 64.5 Å². The molecule has 2 bridgehead atoms. The monoisotopic (exact) mass is 789 g/mol. The maximum Gasteiger partial charge on any atom is 0.407 e. The van der Waals surface area contributed by atoms with Gasteiger partial charge in [-0.05, 0) is 80.0 Å². The second kappa shape index (κ2) is 20.0. The van der Waals surface area contributed by atoms with Crippen molar-refractivity contribution in [3.05, 3.63) is 97.1 Å². The number of methoxy groups -OCH3 is 2. The number of H-pyrrole nitrogens is 1. The van der Waals surface area contributed by atoms with Crippen molar-refractivity contribution in [3.63, 3.8) is 0 Å². The number of aromatic amines is 1. The molecule has 4 aromatic rings. The molecule has 3 fully saturated rings. The van der Waals surface area contributed by atoms with Crippen LogP contribution in [0, 0.1) is 17.8 Å². The Morgan fingerprint density at radius 1 is 0.914 bits per heavy atom. The Morgan fingerprint density at radius 3 is 2.26 bits per heavy atom. The summed E-state index contributed by atoms with van der Waals surface area (Å²) in [5.74, 6) is 1.66. The minimum atomic E-state index is -0.852. The predicted octanol–water partition coefficient (Wildman–Crippen LogP) is 6.17. The fourth-order valence-corrected chi connectivity index (χ4v) is 8.19. The Morgan fingerprint density at radius 2 is 1.66 bits per heavy atom. The summed E-state index contributed by atoms with van der Waals surface area (Å²) in [6.07, 6.45) is 17.4. The average Bonchev–Trinajstić information content (AvgIpc) is 4.12. The molecule has 7 unspecified atom stereocenters. The zero-order chi connectivity index (χ0) is 41.0. The summed E-state index contributed by atoms with van der Waals surface area (Å²) in [6.45, 7) is 4.29. The lowest BCUT2D eigenvalue weighted by molar-refractivity contribution is -0.136. The van der Waals surface area contributed by atoms with E-state index in [2.05, 4.69) is 89.4 Å². The number of fused-ring (bicyclic) bond motifs is 2. The number of carbonyl (C=O) groups excluding carboxylic acids is 3. The van der Waals surface area contributed by atoms with E-state index in [9.17, 15) is 14.4 Å². The first-order valence-electron chi connectivity index (χ1n) is 20.0. The van der Waals surface area contributed by atoms with E-state index < -0.39 is 18.2 Å². The molecule has 4 N–H and O–H groups in total. The third-order valence-corrected chi connectivity index (χ3v) is 11.6. The van der Waals surface area contributed by atoms with Gasteiger partial charge in [0.1, 0.15) is 6.04 Å². The number of ether oxygens (including phenoxy) is 2. The molecular formula is C44H55N9O5. The second-order valence-electron chi connectivity index (χ2n) is 15.1. The Bertz CT molecular complexity index is 2000. The molecule has 0 spiro atoms. The molecule has 2 aromatic carbocycles. The maximum atomic E-state index is 13.3. The van der Waals surface area contributed by atoms with Gasteiger partial charge in [-0.2, -0.15) is 0 Å². The largest absolute Gasteiger partial charge is 0.453 e. The van der Waals surface area contributed by atoms with Crippen molar-refractivity contribution in [1.29, 1.82) is 0 Å². The second-order valence-corrected chi connectivity index (χ2v) is 15.1. The van der Waals surface area contributed by atoms with Crippen molar-refractivity contribution in [2.75, 3.05) is 27.8 Å². The van der Waals surface area contributed by atoms with E-state index in [4.69, 9.17) is 9.47 Å². The number of imidazole rings is 1. The quantitative estimate of drug-likeness (QED) is 0.115. The third-order valence-electron chi connectivity index (χ3n) is 11.6. The zero-order valence-electron chi connectivity index (χ0n) is 33.9. The van der Waals surface area contributed by atoms with Crippen molar-refractivity contribution < 1.29 is 23.9 Å². The molecule has 3 aliphatic rings. The topological polar surface area (TPSA) is 176 Å². The molecule has 14 heteroatoms. The molecule has 7 atom stereocenters. The van der Waals surface area contributed by atoms with Crippen LogP contribution in [0.25, 0.3) is 28.1 Å². The van der Waals surface area contributed by atoms with Gasteiger partial charge in [0.05, 0.1) is 67.3 Å². The molecule has 1 aliphatic heterocycles. The van der Waals surface area contributed by atoms with E-state index in [-0.39, 0.29) is 29.8 Å². The number of carbonyl (C=O) groups is 3. The third kappa shape index (κ3) is 10.3. The van der Waals surface area contributed by atoms with Gasteiger partial charge in [0.15, 0.2) is 0 Å². The highest BCUT2D eigenvalue weighted by Gasteiger charge is 2.43. The minimum absolute atomic E-state index is 0.0506. The summed E-state index contributed by atoms with van der Waals surface area (Å²) in [5.41, 5.74) is 6.98. The SMILES string of the molecule is CC(NC(=O)C1CC2CCC1C2)c1cnccn1.CN/C(=C\N=CC1CCCN1C(=O)C(NC(=O)OC)C(C)OC)c1ccc(-c2ccc(-c3cnc[nH]3)cc2)cc1. The first-order chi connectivity index (χ1) is 28.2. The first-order valence-corrected chi connectivity index (χ1v) is 20.0. The van der Waals surface area contributed by atoms with Gasteiger partial charge in [0, 0.05) is 45.2 Å². The van der Waals surface area contributed by atoms with Gasteiger partial charge >= 0.3 is 6.09 Å². The van der Waals surface area contributed by atoms with Crippen molar-refractivity contribution in [1.82, 2.24) is 40.8 Å². The van der Waals surface area contributed by atoms with Gasteiger partial charge in [-0.25, -0.2) is 9.78 Å². The van der Waals surface area contributed by atoms with Crippen LogP contribution < -0.4 is 16.0 Å². The van der Waals surface area contributed by atoms with Crippen LogP contribution in [0.4, 0.5) is 4.79 Å². The summed E-state index contributed by atoms with van der Waals surface area (Å²) >= 11 is 0. The minimum Gasteiger partial charge on any atom is -0.453 e. The number of aliphatic imine (C=N–C) groups is 1. The Balaban J connectivity index is 0.000000260. The molecular weight excluding hydrogens is 735 g/mol. The molecule has 7 rings (SSSR count). The highest BCUT2D eigenvalue weighted by molar-refractivity contribution is 5.89. The fourth-order valence-electron chi connectivity index (χ4n) is 8.19. The number of rotatable bonds is 13. The fraction of sp³-hybridized carbons (Fsp3) is 0.432. The summed E-state index contributed by atoms with van der Waals surface area (Å²) in [4.78, 5) is 59.1. The normalized spacial score (nSPS) is 21.5. The number of hydrogen-bond acceptors (Lipinski definition) is 10. The molecule has 2 aliphatic carbocycles. The van der Waals surface area contributed by atoms with Crippen molar-refractivity contribution in [3.8, 4) is 22.4 Å². The van der Waals surface area contributed by atoms with Crippen LogP contribution in [0.3, 0.4) is 0 Å². The van der Waals surface area contributed by atoms with Crippen molar-refractivity contribution in [2.24, 2.45) is 22.7 Å².